The normalized spacial score (nSPS) is 14.3. The molecule has 2 rings (SSSR count). The molecule has 5 nitrogen and oxygen atoms in total. The molecule has 20 heavy (non-hydrogen) atoms. The standard InChI is InChI=1S/C15H25N5/c1-4-11-12(5-2)18-19-15(13(11)14(16)17)20(6-3)9-10-7-8-10/h10H,4-9H2,1-3H3,(H3,16,17). The number of nitrogens with two attached hydrogens (primary N) is 1. The molecule has 0 amide bonds. The van der Waals surface area contributed by atoms with Gasteiger partial charge >= 0.3 is 0 Å². The van der Waals surface area contributed by atoms with Crippen LogP contribution in [-0.2, 0) is 12.8 Å². The Balaban J connectivity index is 2.47. The number of amidine groups is 1. The van der Waals surface area contributed by atoms with E-state index < -0.39 is 0 Å². The van der Waals surface area contributed by atoms with Crippen LogP contribution in [0.15, 0.2) is 0 Å². The molecule has 1 aliphatic rings. The molecule has 0 spiro atoms. The summed E-state index contributed by atoms with van der Waals surface area (Å²) < 4.78 is 0. The molecule has 3 N–H and O–H groups in total. The van der Waals surface area contributed by atoms with Crippen molar-refractivity contribution >= 4 is 11.7 Å². The van der Waals surface area contributed by atoms with Crippen LogP contribution >= 0.6 is 0 Å². The van der Waals surface area contributed by atoms with E-state index in [4.69, 9.17) is 11.1 Å². The van der Waals surface area contributed by atoms with Crippen molar-refractivity contribution < 1.29 is 0 Å². The third kappa shape index (κ3) is 2.92. The number of aromatic nitrogens is 2. The van der Waals surface area contributed by atoms with Crippen LogP contribution in [0.25, 0.3) is 0 Å². The summed E-state index contributed by atoms with van der Waals surface area (Å²) in [5.74, 6) is 1.67. The summed E-state index contributed by atoms with van der Waals surface area (Å²) in [4.78, 5) is 2.22. The molecule has 1 heterocycles. The van der Waals surface area contributed by atoms with Crippen LogP contribution in [0.4, 0.5) is 5.82 Å². The zero-order valence-corrected chi connectivity index (χ0v) is 12.7. The highest BCUT2D eigenvalue weighted by Gasteiger charge is 2.27. The molecule has 0 atom stereocenters. The second-order valence-corrected chi connectivity index (χ2v) is 5.43. The maximum atomic E-state index is 7.94. The lowest BCUT2D eigenvalue weighted by atomic mass is 10.0. The summed E-state index contributed by atoms with van der Waals surface area (Å²) in [5.41, 5.74) is 8.68. The van der Waals surface area contributed by atoms with E-state index in [-0.39, 0.29) is 5.84 Å². The monoisotopic (exact) mass is 275 g/mol. The van der Waals surface area contributed by atoms with Crippen molar-refractivity contribution in [1.29, 1.82) is 5.41 Å². The van der Waals surface area contributed by atoms with Crippen molar-refractivity contribution in [3.8, 4) is 0 Å². The van der Waals surface area contributed by atoms with Gasteiger partial charge in [0.25, 0.3) is 0 Å². The van der Waals surface area contributed by atoms with Gasteiger partial charge in [-0.15, -0.1) is 5.10 Å². The van der Waals surface area contributed by atoms with Crippen molar-refractivity contribution in [1.82, 2.24) is 10.2 Å². The van der Waals surface area contributed by atoms with Crippen molar-refractivity contribution in [3.63, 3.8) is 0 Å². The Kier molecular flexibility index (Phi) is 4.57. The molecule has 0 bridgehead atoms. The summed E-state index contributed by atoms with van der Waals surface area (Å²) in [6.45, 7) is 8.14. The maximum Gasteiger partial charge on any atom is 0.162 e. The maximum absolute atomic E-state index is 7.94. The topological polar surface area (TPSA) is 78.9 Å². The Morgan fingerprint density at radius 1 is 1.25 bits per heavy atom. The molecule has 0 aromatic carbocycles. The van der Waals surface area contributed by atoms with Crippen molar-refractivity contribution in [3.05, 3.63) is 16.8 Å². The van der Waals surface area contributed by atoms with Crippen molar-refractivity contribution in [2.75, 3.05) is 18.0 Å². The molecule has 0 aliphatic heterocycles. The minimum absolute atomic E-state index is 0.107. The fourth-order valence-electron chi connectivity index (χ4n) is 2.64. The van der Waals surface area contributed by atoms with Crippen molar-refractivity contribution in [2.24, 2.45) is 11.7 Å². The van der Waals surface area contributed by atoms with E-state index >= 15 is 0 Å². The summed E-state index contributed by atoms with van der Waals surface area (Å²) >= 11 is 0. The van der Waals surface area contributed by atoms with E-state index in [1.807, 2.05) is 0 Å². The van der Waals surface area contributed by atoms with Gasteiger partial charge in [-0.25, -0.2) is 0 Å². The van der Waals surface area contributed by atoms with Gasteiger partial charge in [0.05, 0.1) is 11.3 Å². The van der Waals surface area contributed by atoms with Gasteiger partial charge in [-0.1, -0.05) is 13.8 Å². The number of anilines is 1. The Morgan fingerprint density at radius 3 is 2.40 bits per heavy atom. The lowest BCUT2D eigenvalue weighted by Gasteiger charge is -2.25. The first-order chi connectivity index (χ1) is 9.62. The SMILES string of the molecule is CCc1nnc(N(CC)CC2CC2)c(C(=N)N)c1CC. The number of hydrogen-bond donors (Lipinski definition) is 2. The second-order valence-electron chi connectivity index (χ2n) is 5.43. The summed E-state index contributed by atoms with van der Waals surface area (Å²) in [6.07, 6.45) is 4.26. The first-order valence-electron chi connectivity index (χ1n) is 7.60. The van der Waals surface area contributed by atoms with Gasteiger partial charge < -0.3 is 10.6 Å². The number of rotatable bonds is 7. The molecule has 0 radical (unpaired) electrons. The molecule has 1 fully saturated rings. The number of nitrogens with one attached hydrogen (secondary N) is 1. The lowest BCUT2D eigenvalue weighted by molar-refractivity contribution is 0.716. The zero-order chi connectivity index (χ0) is 14.7. The molecule has 1 aliphatic carbocycles. The van der Waals surface area contributed by atoms with E-state index in [0.29, 0.717) is 0 Å². The second kappa shape index (κ2) is 6.20. The molecule has 1 aromatic rings. The third-order valence-electron chi connectivity index (χ3n) is 3.95. The van der Waals surface area contributed by atoms with Gasteiger partial charge in [-0.3, -0.25) is 5.41 Å². The first-order valence-corrected chi connectivity index (χ1v) is 7.60. The number of nitrogens with zero attached hydrogens (tertiary/aromatic N) is 3. The average molecular weight is 275 g/mol. The van der Waals surface area contributed by atoms with Gasteiger partial charge in [-0.2, -0.15) is 5.10 Å². The predicted molar refractivity (Wildman–Crippen MR) is 82.4 cm³/mol. The summed E-state index contributed by atoms with van der Waals surface area (Å²) in [6, 6.07) is 0. The van der Waals surface area contributed by atoms with E-state index in [1.165, 1.54) is 12.8 Å². The molecule has 0 saturated heterocycles. The molecule has 0 unspecified atom stereocenters. The zero-order valence-electron chi connectivity index (χ0n) is 12.7. The summed E-state index contributed by atoms with van der Waals surface area (Å²) in [5, 5.41) is 16.7. The lowest BCUT2D eigenvalue weighted by Crippen LogP contribution is -2.31. The molecular formula is C15H25N5. The van der Waals surface area contributed by atoms with Crippen LogP contribution in [0.3, 0.4) is 0 Å². The highest BCUT2D eigenvalue weighted by atomic mass is 15.3. The minimum atomic E-state index is 0.107. The van der Waals surface area contributed by atoms with E-state index in [2.05, 4.69) is 35.9 Å². The van der Waals surface area contributed by atoms with Gasteiger partial charge in [-0.05, 0) is 44.1 Å². The molecule has 110 valence electrons. The minimum Gasteiger partial charge on any atom is -0.384 e. The highest BCUT2D eigenvalue weighted by molar-refractivity contribution is 6.01. The molecule has 1 saturated carbocycles. The van der Waals surface area contributed by atoms with Gasteiger partial charge in [0.15, 0.2) is 5.82 Å². The van der Waals surface area contributed by atoms with Crippen molar-refractivity contribution in [2.45, 2.75) is 46.5 Å². The van der Waals surface area contributed by atoms with Gasteiger partial charge in [0.2, 0.25) is 0 Å². The van der Waals surface area contributed by atoms with E-state index in [1.54, 1.807) is 0 Å². The van der Waals surface area contributed by atoms with Crippen LogP contribution in [0.1, 0.15) is 50.4 Å². The van der Waals surface area contributed by atoms with Gasteiger partial charge in [0, 0.05) is 13.1 Å². The predicted octanol–water partition coefficient (Wildman–Crippen LogP) is 2.12. The van der Waals surface area contributed by atoms with E-state index in [9.17, 15) is 0 Å². The molecule has 5 heteroatoms. The van der Waals surface area contributed by atoms with Crippen LogP contribution in [0.2, 0.25) is 0 Å². The van der Waals surface area contributed by atoms with Crippen LogP contribution < -0.4 is 10.6 Å². The molecule has 1 aromatic heterocycles. The summed E-state index contributed by atoms with van der Waals surface area (Å²) in [7, 11) is 0. The largest absolute Gasteiger partial charge is 0.384 e. The van der Waals surface area contributed by atoms with Gasteiger partial charge in [0.1, 0.15) is 5.84 Å². The first kappa shape index (κ1) is 14.8. The van der Waals surface area contributed by atoms with Crippen LogP contribution in [0, 0.1) is 11.3 Å². The van der Waals surface area contributed by atoms with Crippen LogP contribution in [-0.4, -0.2) is 29.1 Å². The number of hydrogen-bond acceptors (Lipinski definition) is 4. The number of nitrogen functional groups attached to an aromatic ring is 1. The van der Waals surface area contributed by atoms with E-state index in [0.717, 1.165) is 54.5 Å². The quantitative estimate of drug-likeness (QED) is 0.590. The van der Waals surface area contributed by atoms with Crippen LogP contribution in [0.5, 0.6) is 0 Å². The Hall–Kier alpha value is -1.65. The molecular weight excluding hydrogens is 250 g/mol. The Bertz CT molecular complexity index is 493. The number of aryl methyl sites for hydroxylation is 1. The fourth-order valence-corrected chi connectivity index (χ4v) is 2.64. The Morgan fingerprint density at radius 2 is 1.95 bits per heavy atom. The Labute approximate surface area is 121 Å². The fraction of sp³-hybridized carbons (Fsp3) is 0.667. The smallest absolute Gasteiger partial charge is 0.162 e. The third-order valence-corrected chi connectivity index (χ3v) is 3.95. The average Bonchev–Trinajstić information content (AvgIpc) is 3.26. The highest BCUT2D eigenvalue weighted by Crippen LogP contribution is 2.32.